The largest absolute Gasteiger partial charge is 0.508 e. The molecule has 1 unspecified atom stereocenters. The van der Waals surface area contributed by atoms with Crippen LogP contribution in [0, 0.1) is 5.82 Å². The molecule has 0 saturated heterocycles. The van der Waals surface area contributed by atoms with Gasteiger partial charge in [-0.25, -0.2) is 4.39 Å². The van der Waals surface area contributed by atoms with Crippen molar-refractivity contribution < 1.29 is 19.3 Å². The molecule has 0 aliphatic heterocycles. The summed E-state index contributed by atoms with van der Waals surface area (Å²) in [6.07, 6.45) is -1.13. The van der Waals surface area contributed by atoms with Crippen molar-refractivity contribution >= 4 is 0 Å². The number of hydrogen-bond acceptors (Lipinski definition) is 4. The fourth-order valence-corrected chi connectivity index (χ4v) is 1.19. The van der Waals surface area contributed by atoms with Crippen LogP contribution >= 0.6 is 0 Å². The highest BCUT2D eigenvalue weighted by atomic mass is 19.1. The van der Waals surface area contributed by atoms with E-state index in [1.807, 2.05) is 0 Å². The van der Waals surface area contributed by atoms with Crippen molar-refractivity contribution in [1.29, 1.82) is 0 Å². The van der Waals surface area contributed by atoms with Gasteiger partial charge in [-0.05, 0) is 0 Å². The van der Waals surface area contributed by atoms with E-state index >= 15 is 0 Å². The van der Waals surface area contributed by atoms with Gasteiger partial charge in [0.05, 0.1) is 18.8 Å². The van der Waals surface area contributed by atoms with Gasteiger partial charge in [0, 0.05) is 18.7 Å². The summed E-state index contributed by atoms with van der Waals surface area (Å²) in [5, 5.41) is 18.5. The zero-order valence-corrected chi connectivity index (χ0v) is 7.70. The van der Waals surface area contributed by atoms with E-state index in [4.69, 9.17) is 15.6 Å². The number of phenolic OH excluding ortho intramolecular Hbond substituents is 1. The third-order valence-electron chi connectivity index (χ3n) is 1.85. The summed E-state index contributed by atoms with van der Waals surface area (Å²) in [4.78, 5) is 0. The smallest absolute Gasteiger partial charge is 0.136 e. The summed E-state index contributed by atoms with van der Waals surface area (Å²) in [7, 11) is 1.32. The summed E-state index contributed by atoms with van der Waals surface area (Å²) < 4.78 is 18.1. The molecule has 78 valence electrons. The van der Waals surface area contributed by atoms with Gasteiger partial charge in [0.1, 0.15) is 17.3 Å². The van der Waals surface area contributed by atoms with Gasteiger partial charge in [-0.15, -0.1) is 0 Å². The molecule has 14 heavy (non-hydrogen) atoms. The minimum absolute atomic E-state index is 0.0344. The number of aliphatic hydroxyl groups excluding tert-OH is 1. The fourth-order valence-electron chi connectivity index (χ4n) is 1.19. The third-order valence-corrected chi connectivity index (χ3v) is 1.85. The van der Waals surface area contributed by atoms with Gasteiger partial charge < -0.3 is 20.7 Å². The van der Waals surface area contributed by atoms with E-state index < -0.39 is 11.9 Å². The Labute approximate surface area is 80.7 Å². The molecule has 0 aliphatic carbocycles. The van der Waals surface area contributed by atoms with Crippen LogP contribution in [0.15, 0.2) is 12.1 Å². The van der Waals surface area contributed by atoms with Crippen LogP contribution in [-0.4, -0.2) is 23.9 Å². The van der Waals surface area contributed by atoms with Crippen LogP contribution in [-0.2, 0) is 0 Å². The van der Waals surface area contributed by atoms with Crippen LogP contribution in [0.3, 0.4) is 0 Å². The van der Waals surface area contributed by atoms with Gasteiger partial charge in [-0.3, -0.25) is 0 Å². The predicted molar refractivity (Wildman–Crippen MR) is 48.6 cm³/mol. The van der Waals surface area contributed by atoms with Crippen LogP contribution in [0.1, 0.15) is 11.7 Å². The Balaban J connectivity index is 3.24. The first kappa shape index (κ1) is 10.7. The van der Waals surface area contributed by atoms with Crippen LogP contribution in [0.4, 0.5) is 4.39 Å². The molecule has 1 aromatic carbocycles. The maximum atomic E-state index is 13.3. The molecule has 1 rings (SSSR count). The van der Waals surface area contributed by atoms with Crippen LogP contribution in [0.2, 0.25) is 0 Å². The number of rotatable bonds is 3. The van der Waals surface area contributed by atoms with Gasteiger partial charge in [-0.1, -0.05) is 0 Å². The molecule has 0 aliphatic rings. The first-order valence-electron chi connectivity index (χ1n) is 4.04. The standard InChI is InChI=1S/C9H12FNO3/c1-14-8-3-5(12)2-6(10)9(8)7(13)4-11/h2-3,7,12-13H,4,11H2,1H3. The fraction of sp³-hybridized carbons (Fsp3) is 0.333. The van der Waals surface area contributed by atoms with Crippen molar-refractivity contribution in [3.8, 4) is 11.5 Å². The first-order chi connectivity index (χ1) is 6.60. The highest BCUT2D eigenvalue weighted by Crippen LogP contribution is 2.31. The van der Waals surface area contributed by atoms with Crippen LogP contribution < -0.4 is 10.5 Å². The second-order valence-electron chi connectivity index (χ2n) is 2.80. The third kappa shape index (κ3) is 1.94. The van der Waals surface area contributed by atoms with Crippen LogP contribution in [0.5, 0.6) is 11.5 Å². The Morgan fingerprint density at radius 3 is 2.71 bits per heavy atom. The molecule has 0 amide bonds. The van der Waals surface area contributed by atoms with Gasteiger partial charge in [0.25, 0.3) is 0 Å². The van der Waals surface area contributed by atoms with E-state index in [1.165, 1.54) is 13.2 Å². The topological polar surface area (TPSA) is 75.7 Å². The number of aromatic hydroxyl groups is 1. The lowest BCUT2D eigenvalue weighted by atomic mass is 10.1. The zero-order chi connectivity index (χ0) is 10.7. The van der Waals surface area contributed by atoms with E-state index in [9.17, 15) is 9.50 Å². The number of aliphatic hydroxyl groups is 1. The maximum absolute atomic E-state index is 13.3. The number of benzene rings is 1. The van der Waals surface area contributed by atoms with Crippen molar-refractivity contribution in [2.24, 2.45) is 5.73 Å². The Kier molecular flexibility index (Phi) is 3.27. The van der Waals surface area contributed by atoms with Gasteiger partial charge in [0.2, 0.25) is 0 Å². The van der Waals surface area contributed by atoms with Gasteiger partial charge >= 0.3 is 0 Å². The molecule has 0 aromatic heterocycles. The molecule has 1 atom stereocenters. The average Bonchev–Trinajstić information content (AvgIpc) is 2.15. The monoisotopic (exact) mass is 201 g/mol. The molecule has 4 N–H and O–H groups in total. The SMILES string of the molecule is COc1cc(O)cc(F)c1C(O)CN. The number of methoxy groups -OCH3 is 1. The van der Waals surface area contributed by atoms with E-state index in [2.05, 4.69) is 0 Å². The predicted octanol–water partition coefficient (Wildman–Crippen LogP) is 0.532. The molecule has 0 heterocycles. The highest BCUT2D eigenvalue weighted by molar-refractivity contribution is 5.42. The Hall–Kier alpha value is -1.33. The number of hydrogen-bond donors (Lipinski definition) is 3. The van der Waals surface area contributed by atoms with Gasteiger partial charge in [0.15, 0.2) is 0 Å². The van der Waals surface area contributed by atoms with Crippen molar-refractivity contribution in [2.45, 2.75) is 6.10 Å². The van der Waals surface area contributed by atoms with E-state index in [0.29, 0.717) is 0 Å². The number of nitrogens with two attached hydrogens (primary N) is 1. The lowest BCUT2D eigenvalue weighted by Gasteiger charge is -2.14. The molecule has 5 heteroatoms. The summed E-state index contributed by atoms with van der Waals surface area (Å²) in [6, 6.07) is 2.12. The van der Waals surface area contributed by atoms with Crippen molar-refractivity contribution in [1.82, 2.24) is 0 Å². The first-order valence-corrected chi connectivity index (χ1v) is 4.04. The molecule has 0 fully saturated rings. The minimum Gasteiger partial charge on any atom is -0.508 e. The lowest BCUT2D eigenvalue weighted by Crippen LogP contribution is -2.14. The summed E-state index contributed by atoms with van der Waals surface area (Å²) in [5.74, 6) is -0.910. The second kappa shape index (κ2) is 4.26. The molecule has 0 saturated carbocycles. The number of ether oxygens (including phenoxy) is 1. The Bertz CT molecular complexity index is 330. The highest BCUT2D eigenvalue weighted by Gasteiger charge is 2.18. The average molecular weight is 201 g/mol. The molecule has 1 aromatic rings. The quantitative estimate of drug-likeness (QED) is 0.666. The van der Waals surface area contributed by atoms with Crippen molar-refractivity contribution in [3.05, 3.63) is 23.5 Å². The van der Waals surface area contributed by atoms with E-state index in [-0.39, 0.29) is 23.6 Å². The minimum atomic E-state index is -1.13. The summed E-state index contributed by atoms with van der Waals surface area (Å²) >= 11 is 0. The van der Waals surface area contributed by atoms with Crippen LogP contribution in [0.25, 0.3) is 0 Å². The van der Waals surface area contributed by atoms with Crippen molar-refractivity contribution in [3.63, 3.8) is 0 Å². The van der Waals surface area contributed by atoms with E-state index in [1.54, 1.807) is 0 Å². The van der Waals surface area contributed by atoms with E-state index in [0.717, 1.165) is 6.07 Å². The zero-order valence-electron chi connectivity index (χ0n) is 7.70. The number of halogens is 1. The lowest BCUT2D eigenvalue weighted by molar-refractivity contribution is 0.176. The molecule has 0 radical (unpaired) electrons. The van der Waals surface area contributed by atoms with Gasteiger partial charge in [-0.2, -0.15) is 0 Å². The normalized spacial score (nSPS) is 12.6. The second-order valence-corrected chi connectivity index (χ2v) is 2.80. The number of phenols is 1. The Morgan fingerprint density at radius 2 is 2.21 bits per heavy atom. The molecule has 4 nitrogen and oxygen atoms in total. The Morgan fingerprint density at radius 1 is 1.57 bits per heavy atom. The molecular weight excluding hydrogens is 189 g/mol. The molecule has 0 spiro atoms. The maximum Gasteiger partial charge on any atom is 0.136 e. The summed E-state index contributed by atoms with van der Waals surface area (Å²) in [5.41, 5.74) is 5.17. The molecule has 0 bridgehead atoms. The molecular formula is C9H12FNO3. The van der Waals surface area contributed by atoms with Crippen molar-refractivity contribution in [2.75, 3.05) is 13.7 Å². The summed E-state index contributed by atoms with van der Waals surface area (Å²) in [6.45, 7) is -0.113.